The Kier molecular flexibility index (Phi) is 70.3. The lowest BCUT2D eigenvalue weighted by Gasteiger charge is -2.21. The zero-order valence-electron chi connectivity index (χ0n) is 64.8. The summed E-state index contributed by atoms with van der Waals surface area (Å²) < 4.78 is 68.6. The van der Waals surface area contributed by atoms with Gasteiger partial charge in [0.1, 0.15) is 19.3 Å². The van der Waals surface area contributed by atoms with Crippen LogP contribution < -0.4 is 0 Å². The van der Waals surface area contributed by atoms with Crippen LogP contribution in [-0.4, -0.2) is 96.7 Å². The van der Waals surface area contributed by atoms with Gasteiger partial charge in [-0.15, -0.1) is 0 Å². The number of unbranched alkanes of at least 4 members (excludes halogenated alkanes) is 48. The molecule has 0 saturated heterocycles. The summed E-state index contributed by atoms with van der Waals surface area (Å²) in [5.74, 6) is -0.581. The minimum Gasteiger partial charge on any atom is -0.462 e. The summed E-state index contributed by atoms with van der Waals surface area (Å²) in [5, 5.41) is 10.6. The predicted molar refractivity (Wildman–Crippen MR) is 405 cm³/mol. The van der Waals surface area contributed by atoms with Gasteiger partial charge in [0.2, 0.25) is 0 Å². The Balaban J connectivity index is 5.20. The van der Waals surface area contributed by atoms with Gasteiger partial charge in [-0.1, -0.05) is 369 Å². The first-order chi connectivity index (χ1) is 47.9. The molecule has 0 bridgehead atoms. The SMILES string of the molecule is CCCCCCCCCCCCCCCCCCCCCCC(=O)O[C@H](COC(=O)CCCCCCCCCCCCCCCCCCC(C)C)COP(=O)(O)OC[C@@H](O)COP(=O)(O)OC[C@@H](COC(=O)CCCCCCCCCCCC)OC(=O)CCCCCCCCC(C)CC. The summed E-state index contributed by atoms with van der Waals surface area (Å²) in [6, 6.07) is 0. The molecular formula is C80H156O17P2. The Hall–Kier alpha value is -1.94. The molecule has 19 heteroatoms. The highest BCUT2D eigenvalue weighted by Gasteiger charge is 2.30. The van der Waals surface area contributed by atoms with Crippen molar-refractivity contribution in [2.45, 2.75) is 439 Å². The maximum absolute atomic E-state index is 13.1. The third-order valence-corrected chi connectivity index (χ3v) is 21.0. The number of hydrogen-bond donors (Lipinski definition) is 3. The topological polar surface area (TPSA) is 237 Å². The van der Waals surface area contributed by atoms with Crippen molar-refractivity contribution in [1.29, 1.82) is 0 Å². The van der Waals surface area contributed by atoms with E-state index in [-0.39, 0.29) is 25.7 Å². The Labute approximate surface area is 607 Å². The Bertz CT molecular complexity index is 1910. The zero-order chi connectivity index (χ0) is 72.8. The van der Waals surface area contributed by atoms with Crippen LogP contribution in [0.1, 0.15) is 420 Å². The van der Waals surface area contributed by atoms with E-state index in [2.05, 4.69) is 41.5 Å². The molecule has 99 heavy (non-hydrogen) atoms. The van der Waals surface area contributed by atoms with Crippen molar-refractivity contribution in [3.63, 3.8) is 0 Å². The van der Waals surface area contributed by atoms with Gasteiger partial charge in [-0.2, -0.15) is 0 Å². The molecule has 0 amide bonds. The van der Waals surface area contributed by atoms with Crippen molar-refractivity contribution in [2.24, 2.45) is 11.8 Å². The molecule has 0 spiro atoms. The van der Waals surface area contributed by atoms with E-state index >= 15 is 0 Å². The highest BCUT2D eigenvalue weighted by Crippen LogP contribution is 2.45. The molecule has 3 N–H and O–H groups in total. The first kappa shape index (κ1) is 97.1. The summed E-state index contributed by atoms with van der Waals surface area (Å²) in [6.45, 7) is 9.59. The number of carbonyl (C=O) groups is 4. The number of aliphatic hydroxyl groups excluding tert-OH is 1. The quantitative estimate of drug-likeness (QED) is 0.0222. The monoisotopic (exact) mass is 1450 g/mol. The number of aliphatic hydroxyl groups is 1. The number of carbonyl (C=O) groups excluding carboxylic acids is 4. The van der Waals surface area contributed by atoms with E-state index in [1.807, 2.05) is 0 Å². The van der Waals surface area contributed by atoms with Crippen molar-refractivity contribution in [3.8, 4) is 0 Å². The van der Waals surface area contributed by atoms with Gasteiger partial charge in [0.05, 0.1) is 26.4 Å². The maximum atomic E-state index is 13.1. The Morgan fingerprint density at radius 1 is 0.293 bits per heavy atom. The molecule has 0 aromatic rings. The predicted octanol–water partition coefficient (Wildman–Crippen LogP) is 23.9. The molecule has 0 aromatic carbocycles. The first-order valence-corrected chi connectivity index (χ1v) is 44.5. The van der Waals surface area contributed by atoms with Crippen LogP contribution in [-0.2, 0) is 65.4 Å². The molecule has 6 atom stereocenters. The summed E-state index contributed by atoms with van der Waals surface area (Å²) in [6.07, 6.45) is 61.2. The number of hydrogen-bond acceptors (Lipinski definition) is 15. The van der Waals surface area contributed by atoms with Crippen LogP contribution in [0.15, 0.2) is 0 Å². The van der Waals surface area contributed by atoms with Gasteiger partial charge in [0.25, 0.3) is 0 Å². The second-order valence-electron chi connectivity index (χ2n) is 29.5. The van der Waals surface area contributed by atoms with Crippen molar-refractivity contribution < 1.29 is 80.2 Å². The molecule has 0 aliphatic carbocycles. The Morgan fingerprint density at radius 2 is 0.515 bits per heavy atom. The molecule has 0 aromatic heterocycles. The number of rotatable bonds is 79. The number of ether oxygens (including phenoxy) is 4. The lowest BCUT2D eigenvalue weighted by molar-refractivity contribution is -0.161. The van der Waals surface area contributed by atoms with Crippen LogP contribution in [0, 0.1) is 11.8 Å². The number of esters is 4. The first-order valence-electron chi connectivity index (χ1n) is 41.5. The van der Waals surface area contributed by atoms with Crippen LogP contribution >= 0.6 is 15.6 Å². The van der Waals surface area contributed by atoms with Crippen LogP contribution in [0.3, 0.4) is 0 Å². The fraction of sp³-hybridized carbons (Fsp3) is 0.950. The third kappa shape index (κ3) is 72.8. The molecule has 0 aliphatic heterocycles. The lowest BCUT2D eigenvalue weighted by Crippen LogP contribution is -2.30. The third-order valence-electron chi connectivity index (χ3n) is 19.1. The maximum Gasteiger partial charge on any atom is 0.472 e. The Morgan fingerprint density at radius 3 is 0.768 bits per heavy atom. The van der Waals surface area contributed by atoms with E-state index in [1.54, 1.807) is 0 Å². The van der Waals surface area contributed by atoms with Gasteiger partial charge in [-0.3, -0.25) is 37.3 Å². The molecule has 0 heterocycles. The molecular weight excluding hydrogens is 1290 g/mol. The summed E-state index contributed by atoms with van der Waals surface area (Å²) in [4.78, 5) is 72.9. The van der Waals surface area contributed by atoms with Crippen LogP contribution in [0.2, 0.25) is 0 Å². The summed E-state index contributed by atoms with van der Waals surface area (Å²) in [7, 11) is -9.91. The minimum atomic E-state index is -4.96. The highest BCUT2D eigenvalue weighted by molar-refractivity contribution is 7.47. The second-order valence-corrected chi connectivity index (χ2v) is 32.4. The summed E-state index contributed by atoms with van der Waals surface area (Å²) in [5.41, 5.74) is 0. The standard InChI is InChI=1S/C80H156O17P2/c1-7-10-12-14-16-18-20-21-22-23-24-25-26-31-34-37-41-45-52-58-64-79(84)96-75(68-90-78(83)63-57-51-44-40-36-33-30-28-27-29-32-35-38-42-48-54-60-72(4)5)70-94-98(86,87)92-66-74(81)67-93-99(88,89)95-71-76(97-80(85)65-59-53-47-46-49-55-61-73(6)9-3)69-91-77(82)62-56-50-43-39-19-17-15-13-11-8-2/h72-76,81H,7-71H2,1-6H3,(H,86,87)(H,88,89)/t73?,74-,75-,76-/m1/s1. The molecule has 0 aliphatic rings. The van der Waals surface area contributed by atoms with Gasteiger partial charge < -0.3 is 33.8 Å². The van der Waals surface area contributed by atoms with Gasteiger partial charge >= 0.3 is 39.5 Å². The molecule has 0 saturated carbocycles. The van der Waals surface area contributed by atoms with Crippen LogP contribution in [0.5, 0.6) is 0 Å². The molecule has 588 valence electrons. The van der Waals surface area contributed by atoms with Crippen molar-refractivity contribution >= 4 is 39.5 Å². The van der Waals surface area contributed by atoms with Crippen molar-refractivity contribution in [1.82, 2.24) is 0 Å². The van der Waals surface area contributed by atoms with E-state index < -0.39 is 97.5 Å². The lowest BCUT2D eigenvalue weighted by atomic mass is 10.00. The molecule has 3 unspecified atom stereocenters. The normalized spacial score (nSPS) is 14.2. The van der Waals surface area contributed by atoms with Crippen molar-refractivity contribution in [2.75, 3.05) is 39.6 Å². The molecule has 17 nitrogen and oxygen atoms in total. The van der Waals surface area contributed by atoms with E-state index in [1.165, 1.54) is 238 Å². The van der Waals surface area contributed by atoms with Crippen LogP contribution in [0.25, 0.3) is 0 Å². The van der Waals surface area contributed by atoms with Gasteiger partial charge in [0, 0.05) is 25.7 Å². The van der Waals surface area contributed by atoms with Crippen LogP contribution in [0.4, 0.5) is 0 Å². The molecule has 0 rings (SSSR count). The second kappa shape index (κ2) is 71.7. The largest absolute Gasteiger partial charge is 0.472 e. The van der Waals surface area contributed by atoms with Gasteiger partial charge in [-0.25, -0.2) is 9.13 Å². The fourth-order valence-corrected chi connectivity index (χ4v) is 13.9. The average Bonchev–Trinajstić information content (AvgIpc) is 1.31. The number of phosphoric acid groups is 2. The molecule has 0 fully saturated rings. The van der Waals surface area contributed by atoms with E-state index in [9.17, 15) is 43.2 Å². The minimum absolute atomic E-state index is 0.103. The molecule has 0 radical (unpaired) electrons. The van der Waals surface area contributed by atoms with E-state index in [0.29, 0.717) is 25.7 Å². The van der Waals surface area contributed by atoms with Crippen molar-refractivity contribution in [3.05, 3.63) is 0 Å². The van der Waals surface area contributed by atoms with Gasteiger partial charge in [0.15, 0.2) is 12.2 Å². The summed E-state index contributed by atoms with van der Waals surface area (Å²) >= 11 is 0. The van der Waals surface area contributed by atoms with Gasteiger partial charge in [-0.05, 0) is 37.5 Å². The fourth-order valence-electron chi connectivity index (χ4n) is 12.3. The average molecular weight is 1450 g/mol. The van der Waals surface area contributed by atoms with E-state index in [4.69, 9.17) is 37.0 Å². The number of phosphoric ester groups is 2. The highest BCUT2D eigenvalue weighted by atomic mass is 31.2. The smallest absolute Gasteiger partial charge is 0.462 e. The van der Waals surface area contributed by atoms with E-state index in [0.717, 1.165) is 102 Å². The zero-order valence-corrected chi connectivity index (χ0v) is 66.6.